The number of carbonyl (C=O) groups is 1. The van der Waals surface area contributed by atoms with E-state index < -0.39 is 22.2 Å². The first-order valence-corrected chi connectivity index (χ1v) is 12.0. The molecule has 0 aromatic heterocycles. The summed E-state index contributed by atoms with van der Waals surface area (Å²) >= 11 is 0. The van der Waals surface area contributed by atoms with Gasteiger partial charge >= 0.3 is 12.1 Å². The minimum absolute atomic E-state index is 0.259. The number of nitrogens with zero attached hydrogens (tertiary/aromatic N) is 2. The molecule has 2 aliphatic heterocycles. The number of sulfonamides is 1. The standard InChI is InChI=1S/C19H30N2O3S.C2HF3O2/c1-4-20(5-2)12-10-17-11-13-24-19(17)14-21(15-19)25(22,23)18-8-6-16(3)7-9-18;3-2(4,5)1(6)7/h6-9,17H,4-5,10-15H2,1-3H3;(H,6,7). The van der Waals surface area contributed by atoms with Crippen molar-refractivity contribution in [2.75, 3.05) is 39.3 Å². The molecule has 2 saturated heterocycles. The maximum atomic E-state index is 12.8. The van der Waals surface area contributed by atoms with Crippen LogP contribution in [0.5, 0.6) is 0 Å². The SMILES string of the molecule is CCN(CC)CCC1CCOC12CN(S(=O)(=O)c1ccc(C)cc1)C2.O=C(O)C(F)(F)F. The molecule has 0 bridgehead atoms. The summed E-state index contributed by atoms with van der Waals surface area (Å²) in [6.07, 6.45) is -2.96. The Morgan fingerprint density at radius 2 is 1.75 bits per heavy atom. The number of halogens is 3. The first-order chi connectivity index (χ1) is 14.9. The predicted octanol–water partition coefficient (Wildman–Crippen LogP) is 3.14. The third-order valence-corrected chi connectivity index (χ3v) is 7.88. The molecule has 0 radical (unpaired) electrons. The highest BCUT2D eigenvalue weighted by Crippen LogP contribution is 2.43. The number of hydrogen-bond donors (Lipinski definition) is 1. The molecule has 2 fully saturated rings. The quantitative estimate of drug-likeness (QED) is 0.645. The topological polar surface area (TPSA) is 87.2 Å². The van der Waals surface area contributed by atoms with Crippen LogP contribution in [0.4, 0.5) is 13.2 Å². The first-order valence-electron chi connectivity index (χ1n) is 10.6. The number of hydrogen-bond acceptors (Lipinski definition) is 5. The Hall–Kier alpha value is -1.69. The summed E-state index contributed by atoms with van der Waals surface area (Å²) < 4.78 is 64.9. The smallest absolute Gasteiger partial charge is 0.475 e. The molecule has 1 atom stereocenters. The highest BCUT2D eigenvalue weighted by molar-refractivity contribution is 7.89. The van der Waals surface area contributed by atoms with Crippen LogP contribution in [0, 0.1) is 12.8 Å². The van der Waals surface area contributed by atoms with Gasteiger partial charge in [-0.2, -0.15) is 17.5 Å². The summed E-state index contributed by atoms with van der Waals surface area (Å²) in [7, 11) is -3.40. The number of aryl methyl sites for hydroxylation is 1. The molecule has 0 saturated carbocycles. The Morgan fingerprint density at radius 3 is 2.22 bits per heavy atom. The normalized spacial score (nSPS) is 20.7. The molecule has 182 valence electrons. The van der Waals surface area contributed by atoms with Crippen molar-refractivity contribution in [3.63, 3.8) is 0 Å². The van der Waals surface area contributed by atoms with Gasteiger partial charge in [-0.3, -0.25) is 0 Å². The van der Waals surface area contributed by atoms with Crippen molar-refractivity contribution >= 4 is 16.0 Å². The number of aliphatic carboxylic acids is 1. The van der Waals surface area contributed by atoms with Gasteiger partial charge in [-0.05, 0) is 57.5 Å². The van der Waals surface area contributed by atoms with E-state index in [0.29, 0.717) is 23.9 Å². The van der Waals surface area contributed by atoms with Crippen LogP contribution in [0.3, 0.4) is 0 Å². The molecule has 1 aromatic rings. The Balaban J connectivity index is 0.000000451. The van der Waals surface area contributed by atoms with Gasteiger partial charge in [0.25, 0.3) is 0 Å². The molecule has 0 amide bonds. The average molecular weight is 481 g/mol. The Bertz CT molecular complexity index is 864. The lowest BCUT2D eigenvalue weighted by Crippen LogP contribution is -2.66. The van der Waals surface area contributed by atoms with E-state index in [4.69, 9.17) is 14.6 Å². The van der Waals surface area contributed by atoms with E-state index in [9.17, 15) is 21.6 Å². The molecule has 7 nitrogen and oxygen atoms in total. The van der Waals surface area contributed by atoms with Crippen molar-refractivity contribution in [2.45, 2.75) is 50.3 Å². The van der Waals surface area contributed by atoms with E-state index in [1.807, 2.05) is 19.1 Å². The van der Waals surface area contributed by atoms with Crippen LogP contribution in [0.2, 0.25) is 0 Å². The van der Waals surface area contributed by atoms with Crippen molar-refractivity contribution in [1.82, 2.24) is 9.21 Å². The van der Waals surface area contributed by atoms with Gasteiger partial charge in [0, 0.05) is 19.7 Å². The Morgan fingerprint density at radius 1 is 1.22 bits per heavy atom. The van der Waals surface area contributed by atoms with E-state index >= 15 is 0 Å². The zero-order chi connectivity index (χ0) is 24.2. The van der Waals surface area contributed by atoms with Crippen molar-refractivity contribution in [3.8, 4) is 0 Å². The second kappa shape index (κ2) is 10.5. The van der Waals surface area contributed by atoms with Crippen LogP contribution in [0.1, 0.15) is 32.3 Å². The third-order valence-electron chi connectivity index (χ3n) is 6.08. The Kier molecular flexibility index (Phi) is 8.71. The fourth-order valence-corrected chi connectivity index (χ4v) is 5.56. The summed E-state index contributed by atoms with van der Waals surface area (Å²) in [5.41, 5.74) is 0.805. The first kappa shape index (κ1) is 26.6. The van der Waals surface area contributed by atoms with Gasteiger partial charge in [-0.15, -0.1) is 0 Å². The predicted molar refractivity (Wildman–Crippen MR) is 113 cm³/mol. The fourth-order valence-electron chi connectivity index (χ4n) is 4.00. The number of alkyl halides is 3. The van der Waals surface area contributed by atoms with Crippen molar-refractivity contribution < 1.29 is 36.2 Å². The van der Waals surface area contributed by atoms with Gasteiger partial charge in [-0.1, -0.05) is 31.5 Å². The van der Waals surface area contributed by atoms with E-state index in [1.54, 1.807) is 16.4 Å². The summed E-state index contributed by atoms with van der Waals surface area (Å²) in [4.78, 5) is 11.7. The summed E-state index contributed by atoms with van der Waals surface area (Å²) in [6.45, 7) is 11.2. The molecule has 1 aromatic carbocycles. The molecule has 1 unspecified atom stereocenters. The molecule has 3 rings (SSSR count). The van der Waals surface area contributed by atoms with Crippen LogP contribution in [0.15, 0.2) is 29.2 Å². The molecule has 1 spiro atoms. The van der Waals surface area contributed by atoms with Gasteiger partial charge in [-0.25, -0.2) is 13.2 Å². The molecule has 0 aliphatic carbocycles. The zero-order valence-corrected chi connectivity index (χ0v) is 19.4. The number of carboxylic acid groups (broad SMARTS) is 1. The van der Waals surface area contributed by atoms with Crippen molar-refractivity contribution in [2.24, 2.45) is 5.92 Å². The van der Waals surface area contributed by atoms with Gasteiger partial charge in [0.05, 0.1) is 10.5 Å². The maximum absolute atomic E-state index is 12.8. The van der Waals surface area contributed by atoms with Gasteiger partial charge in [0.2, 0.25) is 10.0 Å². The van der Waals surface area contributed by atoms with Crippen LogP contribution >= 0.6 is 0 Å². The zero-order valence-electron chi connectivity index (χ0n) is 18.6. The number of benzene rings is 1. The van der Waals surface area contributed by atoms with E-state index in [0.717, 1.165) is 44.6 Å². The highest BCUT2D eigenvalue weighted by Gasteiger charge is 2.56. The van der Waals surface area contributed by atoms with Gasteiger partial charge in [0.15, 0.2) is 0 Å². The van der Waals surface area contributed by atoms with E-state index in [2.05, 4.69) is 18.7 Å². The van der Waals surface area contributed by atoms with Crippen LogP contribution < -0.4 is 0 Å². The molecule has 2 aliphatic rings. The molecule has 2 heterocycles. The Labute approximate surface area is 187 Å². The van der Waals surface area contributed by atoms with Crippen LogP contribution in [-0.4, -0.2) is 79.8 Å². The molecular formula is C21H31F3N2O5S. The monoisotopic (exact) mass is 480 g/mol. The largest absolute Gasteiger partial charge is 0.490 e. The number of ether oxygens (including phenoxy) is 1. The summed E-state index contributed by atoms with van der Waals surface area (Å²) in [6, 6.07) is 7.09. The summed E-state index contributed by atoms with van der Waals surface area (Å²) in [5.74, 6) is -2.30. The molecular weight excluding hydrogens is 449 g/mol. The van der Waals surface area contributed by atoms with Gasteiger partial charge < -0.3 is 14.7 Å². The summed E-state index contributed by atoms with van der Waals surface area (Å²) in [5, 5.41) is 7.12. The average Bonchev–Trinajstić information content (AvgIpc) is 3.12. The third kappa shape index (κ3) is 6.21. The van der Waals surface area contributed by atoms with Crippen molar-refractivity contribution in [1.29, 1.82) is 0 Å². The minimum atomic E-state index is -5.08. The second-order valence-corrected chi connectivity index (χ2v) is 10.0. The number of carboxylic acids is 1. The van der Waals surface area contributed by atoms with E-state index in [-0.39, 0.29) is 5.60 Å². The minimum Gasteiger partial charge on any atom is -0.475 e. The molecule has 11 heteroatoms. The fraction of sp³-hybridized carbons (Fsp3) is 0.667. The second-order valence-electron chi connectivity index (χ2n) is 8.10. The lowest BCUT2D eigenvalue weighted by molar-refractivity contribution is -0.192. The highest BCUT2D eigenvalue weighted by atomic mass is 32.2. The number of rotatable bonds is 7. The van der Waals surface area contributed by atoms with Crippen LogP contribution in [0.25, 0.3) is 0 Å². The maximum Gasteiger partial charge on any atom is 0.490 e. The molecule has 1 N–H and O–H groups in total. The van der Waals surface area contributed by atoms with E-state index in [1.165, 1.54) is 0 Å². The molecule has 32 heavy (non-hydrogen) atoms. The lowest BCUT2D eigenvalue weighted by Gasteiger charge is -2.49. The van der Waals surface area contributed by atoms with Crippen molar-refractivity contribution in [3.05, 3.63) is 29.8 Å². The van der Waals surface area contributed by atoms with Crippen LogP contribution in [-0.2, 0) is 19.6 Å². The lowest BCUT2D eigenvalue weighted by atomic mass is 9.80. The van der Waals surface area contributed by atoms with Gasteiger partial charge in [0.1, 0.15) is 0 Å².